The van der Waals surface area contributed by atoms with E-state index in [0.717, 1.165) is 31.5 Å². The summed E-state index contributed by atoms with van der Waals surface area (Å²) in [6.07, 6.45) is 1.43. The molecule has 0 aromatic heterocycles. The molecular formula is C25H29FN4O4. The molecule has 2 aromatic rings. The fraction of sp³-hybridized carbons (Fsp3) is 0.440. The summed E-state index contributed by atoms with van der Waals surface area (Å²) in [4.78, 5) is 28.5. The van der Waals surface area contributed by atoms with Crippen LogP contribution in [0, 0.1) is 5.82 Å². The molecule has 2 aliphatic heterocycles. The van der Waals surface area contributed by atoms with Crippen LogP contribution in [0.1, 0.15) is 35.7 Å². The highest BCUT2D eigenvalue weighted by Gasteiger charge is 2.28. The highest BCUT2D eigenvalue weighted by Crippen LogP contribution is 2.40. The second kappa shape index (κ2) is 9.13. The number of halogens is 1. The molecule has 2 N–H and O–H groups in total. The lowest BCUT2D eigenvalue weighted by atomic mass is 10.1. The van der Waals surface area contributed by atoms with E-state index in [1.54, 1.807) is 26.2 Å². The van der Waals surface area contributed by atoms with Gasteiger partial charge in [-0.05, 0) is 55.7 Å². The third-order valence-electron chi connectivity index (χ3n) is 6.50. The lowest BCUT2D eigenvalue weighted by Crippen LogP contribution is -2.46. The number of methoxy groups -OCH3 is 1. The van der Waals surface area contributed by atoms with Gasteiger partial charge in [-0.3, -0.25) is 14.5 Å². The summed E-state index contributed by atoms with van der Waals surface area (Å²) in [6, 6.07) is 8.81. The smallest absolute Gasteiger partial charge is 0.265 e. The van der Waals surface area contributed by atoms with Gasteiger partial charge in [-0.15, -0.1) is 0 Å². The lowest BCUT2D eigenvalue weighted by Gasteiger charge is -2.36. The van der Waals surface area contributed by atoms with Crippen molar-refractivity contribution in [3.8, 4) is 11.5 Å². The molecule has 34 heavy (non-hydrogen) atoms. The van der Waals surface area contributed by atoms with Crippen molar-refractivity contribution in [3.05, 3.63) is 47.3 Å². The highest BCUT2D eigenvalue weighted by atomic mass is 19.1. The zero-order valence-corrected chi connectivity index (χ0v) is 19.4. The fourth-order valence-corrected chi connectivity index (χ4v) is 4.39. The number of rotatable bonds is 6. The van der Waals surface area contributed by atoms with E-state index in [2.05, 4.69) is 15.5 Å². The maximum atomic E-state index is 14.8. The van der Waals surface area contributed by atoms with E-state index < -0.39 is 6.10 Å². The second-order valence-electron chi connectivity index (χ2n) is 9.10. The van der Waals surface area contributed by atoms with Crippen LogP contribution < -0.4 is 25.0 Å². The molecule has 1 atom stereocenters. The molecule has 9 heteroatoms. The van der Waals surface area contributed by atoms with Crippen LogP contribution in [0.15, 0.2) is 30.3 Å². The molecule has 1 saturated carbocycles. The van der Waals surface area contributed by atoms with E-state index in [9.17, 15) is 14.0 Å². The molecule has 0 spiro atoms. The van der Waals surface area contributed by atoms with Gasteiger partial charge in [-0.1, -0.05) is 0 Å². The lowest BCUT2D eigenvalue weighted by molar-refractivity contribution is -0.122. The van der Waals surface area contributed by atoms with Crippen LogP contribution in [0.25, 0.3) is 0 Å². The number of carbonyl (C=O) groups is 2. The van der Waals surface area contributed by atoms with E-state index in [0.29, 0.717) is 48.1 Å². The Morgan fingerprint density at radius 1 is 1.21 bits per heavy atom. The van der Waals surface area contributed by atoms with E-state index in [4.69, 9.17) is 9.47 Å². The number of ether oxygens (including phenoxy) is 2. The molecule has 8 nitrogen and oxygen atoms in total. The molecule has 180 valence electrons. The maximum Gasteiger partial charge on any atom is 0.265 e. The van der Waals surface area contributed by atoms with Crippen LogP contribution in [0.2, 0.25) is 0 Å². The predicted octanol–water partition coefficient (Wildman–Crippen LogP) is 2.77. The van der Waals surface area contributed by atoms with Crippen molar-refractivity contribution in [2.45, 2.75) is 38.5 Å². The summed E-state index contributed by atoms with van der Waals surface area (Å²) < 4.78 is 26.0. The van der Waals surface area contributed by atoms with Gasteiger partial charge in [0.1, 0.15) is 5.82 Å². The van der Waals surface area contributed by atoms with E-state index in [-0.39, 0.29) is 23.7 Å². The molecule has 0 bridgehead atoms. The standard InChI is InChI=1S/C25H29FN4O4/c1-15-24(31)28-20-11-16(12-22(33-2)23(20)34-15)14-29-7-9-30(10-8-29)21-6-3-17(13-19(21)26)25(32)27-18-4-5-18/h3,6,11-13,15,18H,4-5,7-10,14H2,1-2H3,(H,27,32)(H,28,31). The Hall–Kier alpha value is -3.33. The van der Waals surface area contributed by atoms with Crippen LogP contribution in [-0.2, 0) is 11.3 Å². The monoisotopic (exact) mass is 468 g/mol. The van der Waals surface area contributed by atoms with Gasteiger partial charge in [0.05, 0.1) is 18.5 Å². The van der Waals surface area contributed by atoms with Crippen molar-refractivity contribution in [1.82, 2.24) is 10.2 Å². The first-order chi connectivity index (χ1) is 16.4. The molecule has 2 aromatic carbocycles. The summed E-state index contributed by atoms with van der Waals surface area (Å²) in [5, 5.41) is 5.77. The van der Waals surface area contributed by atoms with Crippen molar-refractivity contribution >= 4 is 23.2 Å². The average molecular weight is 469 g/mol. The van der Waals surface area contributed by atoms with E-state index >= 15 is 0 Å². The number of nitrogens with zero attached hydrogens (tertiary/aromatic N) is 2. The predicted molar refractivity (Wildman–Crippen MR) is 126 cm³/mol. The molecule has 3 aliphatic rings. The van der Waals surface area contributed by atoms with Crippen molar-refractivity contribution in [3.63, 3.8) is 0 Å². The quantitative estimate of drug-likeness (QED) is 0.679. The van der Waals surface area contributed by atoms with Gasteiger partial charge in [0.25, 0.3) is 11.8 Å². The number of benzene rings is 2. The number of amides is 2. The maximum absolute atomic E-state index is 14.8. The summed E-state index contributed by atoms with van der Waals surface area (Å²) in [6.45, 7) is 5.22. The number of nitrogens with one attached hydrogen (secondary N) is 2. The van der Waals surface area contributed by atoms with Crippen LogP contribution >= 0.6 is 0 Å². The first-order valence-corrected chi connectivity index (χ1v) is 11.7. The Bertz CT molecular complexity index is 1110. The largest absolute Gasteiger partial charge is 0.493 e. The van der Waals surface area contributed by atoms with Crippen LogP contribution in [0.4, 0.5) is 15.8 Å². The molecule has 1 unspecified atom stereocenters. The third-order valence-corrected chi connectivity index (χ3v) is 6.50. The Balaban J connectivity index is 1.22. The van der Waals surface area contributed by atoms with Crippen molar-refractivity contribution in [2.75, 3.05) is 43.5 Å². The molecule has 1 aliphatic carbocycles. The fourth-order valence-electron chi connectivity index (χ4n) is 4.39. The van der Waals surface area contributed by atoms with Crippen LogP contribution in [-0.4, -0.2) is 62.1 Å². The number of fused-ring (bicyclic) bond motifs is 1. The van der Waals surface area contributed by atoms with Gasteiger partial charge in [0, 0.05) is 44.3 Å². The number of carbonyl (C=O) groups excluding carboxylic acids is 2. The minimum absolute atomic E-state index is 0.182. The molecule has 2 amide bonds. The zero-order chi connectivity index (χ0) is 23.8. The number of piperazine rings is 1. The molecule has 5 rings (SSSR count). The normalized spacial score (nSPS) is 20.3. The summed E-state index contributed by atoms with van der Waals surface area (Å²) in [7, 11) is 1.58. The van der Waals surface area contributed by atoms with Gasteiger partial charge in [0.15, 0.2) is 17.6 Å². The van der Waals surface area contributed by atoms with Gasteiger partial charge in [0.2, 0.25) is 0 Å². The minimum atomic E-state index is -0.567. The van der Waals surface area contributed by atoms with Crippen LogP contribution in [0.5, 0.6) is 11.5 Å². The minimum Gasteiger partial charge on any atom is -0.493 e. The molecular weight excluding hydrogens is 439 g/mol. The van der Waals surface area contributed by atoms with E-state index in [1.807, 2.05) is 17.0 Å². The first kappa shape index (κ1) is 22.5. The second-order valence-corrected chi connectivity index (χ2v) is 9.10. The summed E-state index contributed by atoms with van der Waals surface area (Å²) >= 11 is 0. The molecule has 2 fully saturated rings. The Morgan fingerprint density at radius 3 is 2.65 bits per heavy atom. The molecule has 0 radical (unpaired) electrons. The van der Waals surface area contributed by atoms with Crippen molar-refractivity contribution in [1.29, 1.82) is 0 Å². The Kier molecular flexibility index (Phi) is 6.03. The molecule has 2 heterocycles. The zero-order valence-electron chi connectivity index (χ0n) is 19.4. The number of hydrogen-bond donors (Lipinski definition) is 2. The van der Waals surface area contributed by atoms with Gasteiger partial charge < -0.3 is 25.0 Å². The molecule has 1 saturated heterocycles. The highest BCUT2D eigenvalue weighted by molar-refractivity contribution is 5.98. The van der Waals surface area contributed by atoms with E-state index in [1.165, 1.54) is 6.07 Å². The van der Waals surface area contributed by atoms with Gasteiger partial charge >= 0.3 is 0 Å². The van der Waals surface area contributed by atoms with Crippen molar-refractivity contribution < 1.29 is 23.5 Å². The number of anilines is 2. The first-order valence-electron chi connectivity index (χ1n) is 11.7. The number of hydrogen-bond acceptors (Lipinski definition) is 6. The van der Waals surface area contributed by atoms with Crippen LogP contribution in [0.3, 0.4) is 0 Å². The summed E-state index contributed by atoms with van der Waals surface area (Å²) in [5.74, 6) is 0.368. The summed E-state index contributed by atoms with van der Waals surface area (Å²) in [5.41, 5.74) is 2.49. The Morgan fingerprint density at radius 2 is 1.97 bits per heavy atom. The Labute approximate surface area is 198 Å². The van der Waals surface area contributed by atoms with Gasteiger partial charge in [-0.25, -0.2) is 4.39 Å². The topological polar surface area (TPSA) is 83.1 Å². The third kappa shape index (κ3) is 4.65. The van der Waals surface area contributed by atoms with Gasteiger partial charge in [-0.2, -0.15) is 0 Å². The average Bonchev–Trinajstić information content (AvgIpc) is 3.64. The SMILES string of the molecule is COc1cc(CN2CCN(c3ccc(C(=O)NC4CC4)cc3F)CC2)cc2c1OC(C)C(=O)N2. The van der Waals surface area contributed by atoms with Crippen molar-refractivity contribution in [2.24, 2.45) is 0 Å².